The molecule has 1 saturated heterocycles. The molecule has 1 unspecified atom stereocenters. The predicted octanol–water partition coefficient (Wildman–Crippen LogP) is 2.05. The Kier molecular flexibility index (Phi) is 5.81. The van der Waals surface area contributed by atoms with Crippen LogP contribution in [0.5, 0.6) is 5.75 Å². The van der Waals surface area contributed by atoms with Crippen molar-refractivity contribution in [3.63, 3.8) is 0 Å². The number of carbonyl (C=O) groups excluding carboxylic acids is 1. The van der Waals surface area contributed by atoms with Crippen LogP contribution in [0.1, 0.15) is 41.3 Å². The molecule has 3 N–H and O–H groups in total. The van der Waals surface area contributed by atoms with E-state index < -0.39 is 10.0 Å². The second-order valence-corrected chi connectivity index (χ2v) is 9.71. The molecule has 0 radical (unpaired) electrons. The Morgan fingerprint density at radius 3 is 2.57 bits per heavy atom. The van der Waals surface area contributed by atoms with Crippen molar-refractivity contribution in [2.45, 2.75) is 49.8 Å². The number of nitrogens with zero attached hydrogens (tertiary/aromatic N) is 1. The third-order valence-corrected chi connectivity index (χ3v) is 6.60. The number of hydrogen-bond acceptors (Lipinski definition) is 5. The number of carbonyl (C=O) groups is 1. The van der Waals surface area contributed by atoms with Crippen molar-refractivity contribution in [3.05, 3.63) is 59.2 Å². The van der Waals surface area contributed by atoms with Gasteiger partial charge >= 0.3 is 0 Å². The van der Waals surface area contributed by atoms with Crippen LogP contribution in [0, 0.1) is 0 Å². The number of benzene rings is 2. The van der Waals surface area contributed by atoms with Crippen molar-refractivity contribution >= 4 is 15.9 Å². The SMILES string of the molecule is CC1Cc2cc(S(N)(=O)=O)cc(C(=O)NC3CCN(Cc4ccccc4)CC3)c2O1. The minimum atomic E-state index is -3.91. The molecule has 30 heavy (non-hydrogen) atoms. The molecule has 2 aliphatic heterocycles. The van der Waals surface area contributed by atoms with Gasteiger partial charge in [0.2, 0.25) is 10.0 Å². The van der Waals surface area contributed by atoms with Gasteiger partial charge in [0.25, 0.3) is 5.91 Å². The van der Waals surface area contributed by atoms with E-state index in [1.165, 1.54) is 17.7 Å². The number of ether oxygens (including phenoxy) is 1. The fraction of sp³-hybridized carbons (Fsp3) is 0.409. The monoisotopic (exact) mass is 429 g/mol. The standard InChI is InChI=1S/C22H27N3O4S/c1-15-11-17-12-19(30(23,27)28)13-20(21(17)29-15)22(26)24-18-7-9-25(10-8-18)14-16-5-3-2-4-6-16/h2-6,12-13,15,18H,7-11,14H2,1H3,(H,24,26)(H2,23,27,28). The summed E-state index contributed by atoms with van der Waals surface area (Å²) >= 11 is 0. The van der Waals surface area contributed by atoms with E-state index in [4.69, 9.17) is 9.88 Å². The van der Waals surface area contributed by atoms with E-state index in [1.54, 1.807) is 0 Å². The molecular weight excluding hydrogens is 402 g/mol. The summed E-state index contributed by atoms with van der Waals surface area (Å²) in [5.74, 6) is 0.154. The lowest BCUT2D eigenvalue weighted by Gasteiger charge is -2.32. The first kappa shape index (κ1) is 20.8. The molecule has 2 aromatic rings. The largest absolute Gasteiger partial charge is 0.489 e. The lowest BCUT2D eigenvalue weighted by atomic mass is 10.0. The normalized spacial score (nSPS) is 19.9. The molecule has 0 saturated carbocycles. The van der Waals surface area contributed by atoms with Crippen molar-refractivity contribution in [2.75, 3.05) is 13.1 Å². The van der Waals surface area contributed by atoms with Crippen LogP contribution in [0.15, 0.2) is 47.4 Å². The van der Waals surface area contributed by atoms with Crippen molar-refractivity contribution in [1.29, 1.82) is 0 Å². The predicted molar refractivity (Wildman–Crippen MR) is 114 cm³/mol. The van der Waals surface area contributed by atoms with Gasteiger partial charge in [0, 0.05) is 32.1 Å². The fourth-order valence-corrected chi connectivity index (χ4v) is 4.76. The van der Waals surface area contributed by atoms with E-state index >= 15 is 0 Å². The Hall–Kier alpha value is -2.42. The van der Waals surface area contributed by atoms with E-state index in [0.29, 0.717) is 17.7 Å². The summed E-state index contributed by atoms with van der Waals surface area (Å²) in [6.07, 6.45) is 2.12. The maximum absolute atomic E-state index is 13.0. The van der Waals surface area contributed by atoms with Crippen LogP contribution >= 0.6 is 0 Å². The van der Waals surface area contributed by atoms with E-state index in [1.807, 2.05) is 25.1 Å². The maximum Gasteiger partial charge on any atom is 0.255 e. The van der Waals surface area contributed by atoms with Crippen LogP contribution in [0.3, 0.4) is 0 Å². The minimum absolute atomic E-state index is 0.0390. The number of amides is 1. The third-order valence-electron chi connectivity index (χ3n) is 5.71. The molecule has 160 valence electrons. The number of sulfonamides is 1. The van der Waals surface area contributed by atoms with Gasteiger partial charge in [-0.05, 0) is 43.0 Å². The molecule has 0 aliphatic carbocycles. The highest BCUT2D eigenvalue weighted by Crippen LogP contribution is 2.35. The molecule has 7 nitrogen and oxygen atoms in total. The zero-order valence-electron chi connectivity index (χ0n) is 17.0. The average molecular weight is 430 g/mol. The van der Waals surface area contributed by atoms with Crippen LogP contribution in [0.25, 0.3) is 0 Å². The highest BCUT2D eigenvalue weighted by atomic mass is 32.2. The van der Waals surface area contributed by atoms with Gasteiger partial charge in [-0.2, -0.15) is 0 Å². The second kappa shape index (κ2) is 8.37. The van der Waals surface area contributed by atoms with Gasteiger partial charge in [-0.3, -0.25) is 9.69 Å². The molecule has 2 heterocycles. The summed E-state index contributed by atoms with van der Waals surface area (Å²) < 4.78 is 29.5. The summed E-state index contributed by atoms with van der Waals surface area (Å²) in [6.45, 7) is 4.57. The molecule has 0 spiro atoms. The first-order valence-corrected chi connectivity index (χ1v) is 11.8. The molecule has 0 bridgehead atoms. The van der Waals surface area contributed by atoms with Gasteiger partial charge in [0.1, 0.15) is 11.9 Å². The number of rotatable bonds is 5. The summed E-state index contributed by atoms with van der Waals surface area (Å²) in [4.78, 5) is 15.3. The number of primary sulfonamides is 1. The molecular formula is C22H27N3O4S. The third kappa shape index (κ3) is 4.66. The number of fused-ring (bicyclic) bond motifs is 1. The van der Waals surface area contributed by atoms with Crippen LogP contribution in [0.4, 0.5) is 0 Å². The van der Waals surface area contributed by atoms with Crippen molar-refractivity contribution in [3.8, 4) is 5.75 Å². The summed E-state index contributed by atoms with van der Waals surface area (Å²) in [6, 6.07) is 13.2. The van der Waals surface area contributed by atoms with E-state index in [-0.39, 0.29) is 28.5 Å². The van der Waals surface area contributed by atoms with Crippen LogP contribution in [-0.2, 0) is 23.0 Å². The number of piperidine rings is 1. The topological polar surface area (TPSA) is 102 Å². The van der Waals surface area contributed by atoms with Gasteiger partial charge in [-0.1, -0.05) is 30.3 Å². The van der Waals surface area contributed by atoms with Crippen molar-refractivity contribution in [1.82, 2.24) is 10.2 Å². The lowest BCUT2D eigenvalue weighted by molar-refractivity contribution is 0.0904. The van der Waals surface area contributed by atoms with Crippen molar-refractivity contribution < 1.29 is 17.9 Å². The minimum Gasteiger partial charge on any atom is -0.489 e. The van der Waals surface area contributed by atoms with Gasteiger partial charge in [0.15, 0.2) is 0 Å². The zero-order valence-corrected chi connectivity index (χ0v) is 17.8. The Balaban J connectivity index is 1.43. The summed E-state index contributed by atoms with van der Waals surface area (Å²) in [5, 5.41) is 8.37. The van der Waals surface area contributed by atoms with E-state index in [9.17, 15) is 13.2 Å². The van der Waals surface area contributed by atoms with E-state index in [0.717, 1.165) is 32.5 Å². The Morgan fingerprint density at radius 1 is 1.20 bits per heavy atom. The molecule has 4 rings (SSSR count). The molecule has 1 atom stereocenters. The van der Waals surface area contributed by atoms with Crippen molar-refractivity contribution in [2.24, 2.45) is 5.14 Å². The molecule has 1 fully saturated rings. The van der Waals surface area contributed by atoms with Gasteiger partial charge < -0.3 is 10.1 Å². The Morgan fingerprint density at radius 2 is 1.90 bits per heavy atom. The summed E-state index contributed by atoms with van der Waals surface area (Å²) in [5.41, 5.74) is 2.23. The molecule has 8 heteroatoms. The molecule has 2 aromatic carbocycles. The zero-order chi connectivity index (χ0) is 21.3. The number of nitrogens with one attached hydrogen (secondary N) is 1. The highest BCUT2D eigenvalue weighted by Gasteiger charge is 2.29. The molecule has 2 aliphatic rings. The number of hydrogen-bond donors (Lipinski definition) is 2. The number of nitrogens with two attached hydrogens (primary N) is 1. The summed E-state index contributed by atoms with van der Waals surface area (Å²) in [7, 11) is -3.91. The van der Waals surface area contributed by atoms with Crippen LogP contribution in [0.2, 0.25) is 0 Å². The van der Waals surface area contributed by atoms with Crippen LogP contribution in [-0.4, -0.2) is 44.5 Å². The first-order valence-electron chi connectivity index (χ1n) is 10.2. The van der Waals surface area contributed by atoms with Gasteiger partial charge in [-0.25, -0.2) is 13.6 Å². The Bertz CT molecular complexity index is 1030. The highest BCUT2D eigenvalue weighted by molar-refractivity contribution is 7.89. The molecule has 0 aromatic heterocycles. The Labute approximate surface area is 177 Å². The average Bonchev–Trinajstić information content (AvgIpc) is 3.09. The van der Waals surface area contributed by atoms with Crippen LogP contribution < -0.4 is 15.2 Å². The van der Waals surface area contributed by atoms with Gasteiger partial charge in [0.05, 0.1) is 10.5 Å². The van der Waals surface area contributed by atoms with Gasteiger partial charge in [-0.15, -0.1) is 0 Å². The fourth-order valence-electron chi connectivity index (χ4n) is 4.18. The quantitative estimate of drug-likeness (QED) is 0.758. The smallest absolute Gasteiger partial charge is 0.255 e. The van der Waals surface area contributed by atoms with E-state index in [2.05, 4.69) is 22.3 Å². The lowest BCUT2D eigenvalue weighted by Crippen LogP contribution is -2.44. The first-order chi connectivity index (χ1) is 14.3. The second-order valence-electron chi connectivity index (χ2n) is 8.15. The maximum atomic E-state index is 13.0. The molecule has 1 amide bonds. The number of likely N-dealkylation sites (tertiary alicyclic amines) is 1.